The molecule has 1 aromatic carbocycles. The molecule has 232 valence electrons. The van der Waals surface area contributed by atoms with Crippen LogP contribution in [0.15, 0.2) is 47.5 Å². The number of likely N-dealkylation sites (tertiary alicyclic amines) is 1. The van der Waals surface area contributed by atoms with Gasteiger partial charge >= 0.3 is 0 Å². The lowest BCUT2D eigenvalue weighted by Gasteiger charge is -2.34. The summed E-state index contributed by atoms with van der Waals surface area (Å²) in [7, 11) is 0. The van der Waals surface area contributed by atoms with Crippen molar-refractivity contribution in [1.29, 1.82) is 0 Å². The van der Waals surface area contributed by atoms with Crippen LogP contribution in [0.5, 0.6) is 0 Å². The first kappa shape index (κ1) is 29.8. The number of hydrogen-bond acceptors (Lipinski definition) is 6. The van der Waals surface area contributed by atoms with Gasteiger partial charge in [-0.1, -0.05) is 11.8 Å². The van der Waals surface area contributed by atoms with Gasteiger partial charge in [-0.25, -0.2) is 18.9 Å². The fraction of sp³-hybridized carbons (Fsp3) is 0.294. The van der Waals surface area contributed by atoms with E-state index in [1.54, 1.807) is 33.3 Å². The van der Waals surface area contributed by atoms with E-state index >= 15 is 0 Å². The number of ketones is 1. The predicted octanol–water partition coefficient (Wildman–Crippen LogP) is 5.41. The van der Waals surface area contributed by atoms with Gasteiger partial charge in [-0.05, 0) is 91.9 Å². The summed E-state index contributed by atoms with van der Waals surface area (Å²) in [5, 5.41) is 7.98. The van der Waals surface area contributed by atoms with Crippen LogP contribution < -0.4 is 5.32 Å². The molecule has 2 aliphatic rings. The van der Waals surface area contributed by atoms with Crippen LogP contribution in [0.25, 0.3) is 27.7 Å². The topological polar surface area (TPSA) is 114 Å². The fourth-order valence-corrected chi connectivity index (χ4v) is 6.91. The summed E-state index contributed by atoms with van der Waals surface area (Å²) in [6.07, 6.45) is 5.74. The van der Waals surface area contributed by atoms with Gasteiger partial charge in [0.05, 0.1) is 16.6 Å². The molecule has 1 fully saturated rings. The molecule has 5 heterocycles. The Kier molecular flexibility index (Phi) is 6.86. The number of carbonyl (C=O) groups is 3. The molecule has 4 aromatic heterocycles. The number of carbonyl (C=O) groups excluding carboxylic acids is 3. The van der Waals surface area contributed by atoms with Crippen molar-refractivity contribution < 1.29 is 18.8 Å². The van der Waals surface area contributed by atoms with Gasteiger partial charge in [0.2, 0.25) is 11.8 Å². The SMILES string of the molecule is CC(=O)c1cn(CC(=O)N2[C@H](C(=O)Nc3nc(Br)c(F)cc3C)C[C@@]3(C)C#C[C@@H]23)c2c(C)cc(-c3cnc4cc(C)nn4c3)cc12. The van der Waals surface area contributed by atoms with Crippen LogP contribution in [0.1, 0.15) is 47.4 Å². The van der Waals surface area contributed by atoms with Gasteiger partial charge in [0, 0.05) is 41.2 Å². The lowest BCUT2D eigenvalue weighted by Crippen LogP contribution is -2.50. The summed E-state index contributed by atoms with van der Waals surface area (Å²) in [6, 6.07) is 5.86. The Morgan fingerprint density at radius 3 is 2.61 bits per heavy atom. The number of aromatic nitrogens is 5. The molecular formula is C34H29BrFN7O3. The Labute approximate surface area is 272 Å². The summed E-state index contributed by atoms with van der Waals surface area (Å²) in [5.74, 6) is 5.03. The molecule has 12 heteroatoms. The first-order valence-electron chi connectivity index (χ1n) is 14.8. The van der Waals surface area contributed by atoms with Gasteiger partial charge in [0.15, 0.2) is 17.2 Å². The number of nitrogens with zero attached hydrogens (tertiary/aromatic N) is 6. The first-order valence-corrected chi connectivity index (χ1v) is 15.6. The third-order valence-corrected chi connectivity index (χ3v) is 9.46. The van der Waals surface area contributed by atoms with Gasteiger partial charge < -0.3 is 14.8 Å². The molecule has 0 unspecified atom stereocenters. The van der Waals surface area contributed by atoms with Crippen LogP contribution in [0.2, 0.25) is 0 Å². The number of halogens is 2. The fourth-order valence-electron chi connectivity index (χ4n) is 6.62. The van der Waals surface area contributed by atoms with E-state index in [1.807, 2.05) is 45.2 Å². The average molecular weight is 683 g/mol. The van der Waals surface area contributed by atoms with Crippen LogP contribution in [0.3, 0.4) is 0 Å². The number of benzene rings is 1. The number of hydrogen-bond donors (Lipinski definition) is 1. The van der Waals surface area contributed by atoms with Crippen molar-refractivity contribution in [3.8, 4) is 23.0 Å². The minimum atomic E-state index is -0.829. The molecule has 3 atom stereocenters. The van der Waals surface area contributed by atoms with Crippen LogP contribution in [0, 0.1) is 43.8 Å². The van der Waals surface area contributed by atoms with Crippen LogP contribution in [-0.4, -0.2) is 58.7 Å². The summed E-state index contributed by atoms with van der Waals surface area (Å²) in [5.41, 5.74) is 5.35. The maximum absolute atomic E-state index is 14.1. The molecule has 10 nitrogen and oxygen atoms in total. The normalized spacial score (nSPS) is 19.9. The van der Waals surface area contributed by atoms with E-state index < -0.39 is 29.2 Å². The number of amides is 2. The lowest BCUT2D eigenvalue weighted by molar-refractivity contribution is -0.138. The summed E-state index contributed by atoms with van der Waals surface area (Å²) in [6.45, 7) is 8.85. The van der Waals surface area contributed by atoms with E-state index in [0.29, 0.717) is 17.5 Å². The molecule has 1 aliphatic carbocycles. The highest BCUT2D eigenvalue weighted by Crippen LogP contribution is 2.45. The number of fused-ring (bicyclic) bond motifs is 3. The molecule has 0 radical (unpaired) electrons. The van der Waals surface area contributed by atoms with Crippen molar-refractivity contribution in [3.05, 3.63) is 75.7 Å². The number of Topliss-reactive ketones (excluding diaryl/α,β-unsaturated/α-hetero) is 1. The van der Waals surface area contributed by atoms with E-state index in [4.69, 9.17) is 0 Å². The quantitative estimate of drug-likeness (QED) is 0.146. The summed E-state index contributed by atoms with van der Waals surface area (Å²) < 4.78 is 17.5. The Hall–Kier alpha value is -4.89. The molecule has 1 aliphatic heterocycles. The molecule has 1 N–H and O–H groups in total. The second kappa shape index (κ2) is 10.6. The molecule has 2 amide bonds. The van der Waals surface area contributed by atoms with Crippen molar-refractivity contribution in [2.45, 2.75) is 59.7 Å². The van der Waals surface area contributed by atoms with Gasteiger partial charge in [0.25, 0.3) is 0 Å². The van der Waals surface area contributed by atoms with E-state index in [-0.39, 0.29) is 28.7 Å². The van der Waals surface area contributed by atoms with Crippen molar-refractivity contribution in [2.24, 2.45) is 5.41 Å². The molecule has 1 saturated heterocycles. The zero-order chi connectivity index (χ0) is 32.7. The van der Waals surface area contributed by atoms with E-state index in [9.17, 15) is 18.8 Å². The molecular weight excluding hydrogens is 653 g/mol. The van der Waals surface area contributed by atoms with Crippen LogP contribution >= 0.6 is 15.9 Å². The Bertz CT molecular complexity index is 2230. The third-order valence-electron chi connectivity index (χ3n) is 8.90. The van der Waals surface area contributed by atoms with Crippen molar-refractivity contribution in [3.63, 3.8) is 0 Å². The minimum Gasteiger partial charge on any atom is -0.337 e. The Balaban J connectivity index is 1.22. The van der Waals surface area contributed by atoms with E-state index in [1.165, 1.54) is 13.0 Å². The van der Waals surface area contributed by atoms with Crippen molar-refractivity contribution in [2.75, 3.05) is 5.32 Å². The molecule has 0 saturated carbocycles. The van der Waals surface area contributed by atoms with Gasteiger partial charge in [-0.15, -0.1) is 0 Å². The zero-order valence-electron chi connectivity index (χ0n) is 25.8. The lowest BCUT2D eigenvalue weighted by atomic mass is 9.76. The Morgan fingerprint density at radius 1 is 1.11 bits per heavy atom. The van der Waals surface area contributed by atoms with Crippen LogP contribution in [0.4, 0.5) is 10.2 Å². The molecule has 7 rings (SSSR count). The van der Waals surface area contributed by atoms with E-state index in [0.717, 1.165) is 38.9 Å². The molecule has 5 aromatic rings. The van der Waals surface area contributed by atoms with Crippen molar-refractivity contribution >= 4 is 55.9 Å². The monoisotopic (exact) mass is 681 g/mol. The number of aryl methyl sites for hydroxylation is 3. The molecule has 46 heavy (non-hydrogen) atoms. The van der Waals surface area contributed by atoms with Crippen LogP contribution in [-0.2, 0) is 16.1 Å². The van der Waals surface area contributed by atoms with E-state index in [2.05, 4.69) is 48.2 Å². The number of rotatable bonds is 6. The highest BCUT2D eigenvalue weighted by atomic mass is 79.9. The number of anilines is 1. The largest absolute Gasteiger partial charge is 0.337 e. The predicted molar refractivity (Wildman–Crippen MR) is 174 cm³/mol. The zero-order valence-corrected chi connectivity index (χ0v) is 27.4. The third kappa shape index (κ3) is 4.77. The highest BCUT2D eigenvalue weighted by Gasteiger charge is 2.56. The number of pyridine rings is 1. The number of nitrogens with one attached hydrogen (secondary N) is 1. The summed E-state index contributed by atoms with van der Waals surface area (Å²) >= 11 is 3.07. The second-order valence-corrected chi connectivity index (χ2v) is 13.1. The highest BCUT2D eigenvalue weighted by molar-refractivity contribution is 9.10. The molecule has 0 spiro atoms. The van der Waals surface area contributed by atoms with Gasteiger partial charge in [-0.3, -0.25) is 14.4 Å². The first-order chi connectivity index (χ1) is 21.8. The summed E-state index contributed by atoms with van der Waals surface area (Å²) in [4.78, 5) is 50.8. The standard InChI is InChI=1S/C34H29BrFN7O3/c1-17-8-21(22-13-37-28-10-19(3)40-42(28)14-22)11-23-24(20(4)44)15-41(30(17)23)16-29(45)43-26(12-34(5)7-6-27(34)43)33(46)39-32-18(2)9-25(36)31(35)38-32/h8-11,13-15,26-27H,12,16H2,1-5H3,(H,38,39,46)/t26-,27+,34+/m0/s1. The average Bonchev–Trinajstić information content (AvgIpc) is 3.61. The van der Waals surface area contributed by atoms with Gasteiger partial charge in [0.1, 0.15) is 29.0 Å². The smallest absolute Gasteiger partial charge is 0.248 e. The van der Waals surface area contributed by atoms with Gasteiger partial charge in [-0.2, -0.15) is 5.10 Å². The maximum atomic E-state index is 14.1. The minimum absolute atomic E-state index is 0.0179. The second-order valence-electron chi connectivity index (χ2n) is 12.4. The molecule has 0 bridgehead atoms. The maximum Gasteiger partial charge on any atom is 0.248 e. The van der Waals surface area contributed by atoms with Crippen molar-refractivity contribution in [1.82, 2.24) is 29.0 Å². The Morgan fingerprint density at radius 2 is 1.89 bits per heavy atom.